The van der Waals surface area contributed by atoms with E-state index in [1.165, 1.54) is 11.3 Å². The summed E-state index contributed by atoms with van der Waals surface area (Å²) in [5.74, 6) is 0.330. The van der Waals surface area contributed by atoms with E-state index < -0.39 is 0 Å². The van der Waals surface area contributed by atoms with Crippen molar-refractivity contribution in [1.82, 2.24) is 20.0 Å². The molecule has 0 radical (unpaired) electrons. The second-order valence-electron chi connectivity index (χ2n) is 8.88. The summed E-state index contributed by atoms with van der Waals surface area (Å²) in [5.41, 5.74) is -0.274. The van der Waals surface area contributed by atoms with Gasteiger partial charge in [0.1, 0.15) is 0 Å². The number of carbonyl (C=O) groups excluding carboxylic acids is 3. The van der Waals surface area contributed by atoms with Gasteiger partial charge < -0.3 is 19.9 Å². The van der Waals surface area contributed by atoms with Crippen LogP contribution in [0.4, 0.5) is 5.13 Å². The molecule has 1 N–H and O–H groups in total. The SMILES string of the molecule is COCCSc1nnc(NC(=O)C2CCN(C(=O)C3CC(=O)N(C(C)(C)C)C3)CC2)s1. The molecule has 1 unspecified atom stereocenters. The average molecular weight is 470 g/mol. The molecular weight excluding hydrogens is 438 g/mol. The summed E-state index contributed by atoms with van der Waals surface area (Å²) in [6.45, 7) is 8.13. The monoisotopic (exact) mass is 469 g/mol. The first-order chi connectivity index (χ1) is 14.7. The molecule has 172 valence electrons. The number of carbonyl (C=O) groups is 3. The predicted octanol–water partition coefficient (Wildman–Crippen LogP) is 2.10. The smallest absolute Gasteiger partial charge is 0.229 e. The summed E-state index contributed by atoms with van der Waals surface area (Å²) in [4.78, 5) is 41.4. The van der Waals surface area contributed by atoms with E-state index in [2.05, 4.69) is 15.5 Å². The number of aromatic nitrogens is 2. The summed E-state index contributed by atoms with van der Waals surface area (Å²) < 4.78 is 5.81. The summed E-state index contributed by atoms with van der Waals surface area (Å²) in [6, 6.07) is 0. The van der Waals surface area contributed by atoms with Gasteiger partial charge in [-0.15, -0.1) is 10.2 Å². The Morgan fingerprint density at radius 1 is 1.23 bits per heavy atom. The van der Waals surface area contributed by atoms with Crippen molar-refractivity contribution in [1.29, 1.82) is 0 Å². The minimum atomic E-state index is -0.285. The van der Waals surface area contributed by atoms with Gasteiger partial charge in [0.05, 0.1) is 12.5 Å². The Bertz CT molecular complexity index is 802. The highest BCUT2D eigenvalue weighted by Gasteiger charge is 2.41. The molecule has 0 saturated carbocycles. The zero-order valence-electron chi connectivity index (χ0n) is 18.5. The summed E-state index contributed by atoms with van der Waals surface area (Å²) >= 11 is 2.90. The molecule has 1 aromatic rings. The number of anilines is 1. The lowest BCUT2D eigenvalue weighted by atomic mass is 9.94. The average Bonchev–Trinajstić information content (AvgIpc) is 3.34. The molecule has 9 nitrogen and oxygen atoms in total. The van der Waals surface area contributed by atoms with Gasteiger partial charge in [0.25, 0.3) is 0 Å². The zero-order valence-corrected chi connectivity index (χ0v) is 20.2. The molecule has 2 fully saturated rings. The normalized spacial score (nSPS) is 20.4. The van der Waals surface area contributed by atoms with Crippen LogP contribution in [0.5, 0.6) is 0 Å². The van der Waals surface area contributed by atoms with Crippen molar-refractivity contribution in [3.63, 3.8) is 0 Å². The van der Waals surface area contributed by atoms with Gasteiger partial charge in [0, 0.05) is 50.4 Å². The number of ether oxygens (including phenoxy) is 1. The second kappa shape index (κ2) is 10.3. The number of likely N-dealkylation sites (tertiary alicyclic amines) is 2. The molecule has 2 aliphatic rings. The van der Waals surface area contributed by atoms with Crippen molar-refractivity contribution >= 4 is 46.0 Å². The van der Waals surface area contributed by atoms with Gasteiger partial charge in [-0.2, -0.15) is 0 Å². The molecule has 0 aliphatic carbocycles. The first kappa shape index (κ1) is 23.9. The Morgan fingerprint density at radius 2 is 1.94 bits per heavy atom. The van der Waals surface area contributed by atoms with Crippen LogP contribution in [0.15, 0.2) is 4.34 Å². The molecular formula is C20H31N5O4S2. The highest BCUT2D eigenvalue weighted by Crippen LogP contribution is 2.29. The third-order valence-corrected chi connectivity index (χ3v) is 7.55. The van der Waals surface area contributed by atoms with Gasteiger partial charge in [-0.05, 0) is 33.6 Å². The molecule has 1 atom stereocenters. The highest BCUT2D eigenvalue weighted by atomic mass is 32.2. The largest absolute Gasteiger partial charge is 0.384 e. The van der Waals surface area contributed by atoms with Crippen LogP contribution in [0.25, 0.3) is 0 Å². The Morgan fingerprint density at radius 3 is 2.55 bits per heavy atom. The van der Waals surface area contributed by atoms with Crippen LogP contribution < -0.4 is 5.32 Å². The highest BCUT2D eigenvalue weighted by molar-refractivity contribution is 8.01. The van der Waals surface area contributed by atoms with Crippen LogP contribution in [0, 0.1) is 11.8 Å². The predicted molar refractivity (Wildman–Crippen MR) is 120 cm³/mol. The van der Waals surface area contributed by atoms with Gasteiger partial charge in [-0.3, -0.25) is 14.4 Å². The van der Waals surface area contributed by atoms with E-state index in [0.717, 1.165) is 10.1 Å². The van der Waals surface area contributed by atoms with Crippen LogP contribution in [0.2, 0.25) is 0 Å². The third-order valence-electron chi connectivity index (χ3n) is 5.61. The Labute approximate surface area is 191 Å². The molecule has 0 spiro atoms. The Hall–Kier alpha value is -1.72. The van der Waals surface area contributed by atoms with Gasteiger partial charge >= 0.3 is 0 Å². The summed E-state index contributed by atoms with van der Waals surface area (Å²) in [5, 5.41) is 11.5. The van der Waals surface area contributed by atoms with Crippen LogP contribution in [-0.2, 0) is 19.1 Å². The maximum absolute atomic E-state index is 12.9. The fourth-order valence-corrected chi connectivity index (χ4v) is 5.61. The van der Waals surface area contributed by atoms with Gasteiger partial charge in [0.15, 0.2) is 4.34 Å². The molecule has 11 heteroatoms. The molecule has 3 heterocycles. The number of nitrogens with zero attached hydrogens (tertiary/aromatic N) is 4. The van der Waals surface area contributed by atoms with Crippen LogP contribution in [-0.4, -0.2) is 82.4 Å². The van der Waals surface area contributed by atoms with E-state index in [1.54, 1.807) is 23.8 Å². The summed E-state index contributed by atoms with van der Waals surface area (Å²) in [6.07, 6.45) is 1.49. The first-order valence-corrected chi connectivity index (χ1v) is 12.3. The zero-order chi connectivity index (χ0) is 22.6. The van der Waals surface area contributed by atoms with Crippen LogP contribution in [0.1, 0.15) is 40.0 Å². The number of hydrogen-bond acceptors (Lipinski definition) is 8. The fraction of sp³-hybridized carbons (Fsp3) is 0.750. The Kier molecular flexibility index (Phi) is 7.92. The standard InChI is InChI=1S/C20H31N5O4S2/c1-20(2,3)25-12-14(11-15(25)26)17(28)24-7-5-13(6-8-24)16(27)21-18-22-23-19(31-18)30-10-9-29-4/h13-14H,5-12H2,1-4H3,(H,21,22,27). The number of hydrogen-bond donors (Lipinski definition) is 1. The van der Waals surface area contributed by atoms with Crippen molar-refractivity contribution < 1.29 is 19.1 Å². The first-order valence-electron chi connectivity index (χ1n) is 10.5. The van der Waals surface area contributed by atoms with Crippen molar-refractivity contribution in [2.24, 2.45) is 11.8 Å². The molecule has 31 heavy (non-hydrogen) atoms. The van der Waals surface area contributed by atoms with Crippen molar-refractivity contribution in [3.05, 3.63) is 0 Å². The molecule has 1 aromatic heterocycles. The van der Waals surface area contributed by atoms with E-state index >= 15 is 0 Å². The molecule has 2 aliphatic heterocycles. The molecule has 0 bridgehead atoms. The second-order valence-corrected chi connectivity index (χ2v) is 11.2. The maximum Gasteiger partial charge on any atom is 0.229 e. The maximum atomic E-state index is 12.9. The molecule has 0 aromatic carbocycles. The molecule has 3 amide bonds. The third kappa shape index (κ3) is 6.17. The van der Waals surface area contributed by atoms with Gasteiger partial charge in [-0.1, -0.05) is 23.1 Å². The van der Waals surface area contributed by atoms with E-state index in [9.17, 15) is 14.4 Å². The van der Waals surface area contributed by atoms with Crippen molar-refractivity contribution in [2.75, 3.05) is 44.4 Å². The van der Waals surface area contributed by atoms with Crippen LogP contribution >= 0.6 is 23.1 Å². The lowest BCUT2D eigenvalue weighted by Gasteiger charge is -2.34. The minimum absolute atomic E-state index is 0.0285. The quantitative estimate of drug-likeness (QED) is 0.370. The number of methoxy groups -OCH3 is 1. The fourth-order valence-electron chi connectivity index (χ4n) is 3.88. The lowest BCUT2D eigenvalue weighted by Crippen LogP contribution is -2.46. The molecule has 2 saturated heterocycles. The van der Waals surface area contributed by atoms with E-state index in [0.29, 0.717) is 44.2 Å². The number of rotatable bonds is 7. The minimum Gasteiger partial charge on any atom is -0.384 e. The van der Waals surface area contributed by atoms with E-state index in [1.807, 2.05) is 25.7 Å². The topological polar surface area (TPSA) is 105 Å². The van der Waals surface area contributed by atoms with Gasteiger partial charge in [0.2, 0.25) is 22.9 Å². The molecule has 3 rings (SSSR count). The van der Waals surface area contributed by atoms with Gasteiger partial charge in [-0.25, -0.2) is 0 Å². The number of thioether (sulfide) groups is 1. The Balaban J connectivity index is 1.45. The van der Waals surface area contributed by atoms with Crippen molar-refractivity contribution in [3.8, 4) is 0 Å². The number of amides is 3. The summed E-state index contributed by atoms with van der Waals surface area (Å²) in [7, 11) is 1.65. The number of nitrogens with one attached hydrogen (secondary N) is 1. The lowest BCUT2D eigenvalue weighted by molar-refractivity contribution is -0.138. The van der Waals surface area contributed by atoms with E-state index in [4.69, 9.17) is 4.74 Å². The number of piperidine rings is 1. The van der Waals surface area contributed by atoms with Crippen molar-refractivity contribution in [2.45, 2.75) is 49.9 Å². The van der Waals surface area contributed by atoms with E-state index in [-0.39, 0.29) is 41.5 Å². The van der Waals surface area contributed by atoms with Crippen LogP contribution in [0.3, 0.4) is 0 Å².